The number of nitrogens with one attached hydrogen (secondary N) is 1. The molecule has 0 aliphatic rings. The van der Waals surface area contributed by atoms with E-state index in [0.29, 0.717) is 10.6 Å². The van der Waals surface area contributed by atoms with Crippen molar-refractivity contribution in [2.75, 3.05) is 12.4 Å². The van der Waals surface area contributed by atoms with Gasteiger partial charge in [0.15, 0.2) is 5.13 Å². The number of anilines is 1. The average molecular weight is 362 g/mol. The topological polar surface area (TPSA) is 77.0 Å². The van der Waals surface area contributed by atoms with Crippen molar-refractivity contribution >= 4 is 33.4 Å². The van der Waals surface area contributed by atoms with E-state index in [1.54, 1.807) is 7.11 Å². The van der Waals surface area contributed by atoms with E-state index in [4.69, 9.17) is 4.74 Å². The molecule has 0 unspecified atom stereocenters. The van der Waals surface area contributed by atoms with E-state index >= 15 is 0 Å². The molecule has 0 saturated carbocycles. The Morgan fingerprint density at radius 1 is 1.04 bits per heavy atom. The van der Waals surface area contributed by atoms with Gasteiger partial charge in [-0.2, -0.15) is 0 Å². The van der Waals surface area contributed by atoms with Gasteiger partial charge in [0.1, 0.15) is 11.4 Å². The number of hydrogen-bond donors (Lipinski definition) is 1. The van der Waals surface area contributed by atoms with Gasteiger partial charge < -0.3 is 4.74 Å². The highest BCUT2D eigenvalue weighted by molar-refractivity contribution is 7.14. The molecular formula is C19H14N4O2S. The Balaban J connectivity index is 1.57. The van der Waals surface area contributed by atoms with Crippen molar-refractivity contribution in [3.05, 3.63) is 65.8 Å². The molecule has 2 aromatic carbocycles. The van der Waals surface area contributed by atoms with Crippen molar-refractivity contribution in [2.24, 2.45) is 0 Å². The maximum Gasteiger partial charge on any atom is 0.277 e. The van der Waals surface area contributed by atoms with Crippen molar-refractivity contribution < 1.29 is 9.53 Å². The number of aromatic nitrogens is 3. The van der Waals surface area contributed by atoms with Crippen LogP contribution in [0.1, 0.15) is 10.5 Å². The third-order valence-corrected chi connectivity index (χ3v) is 4.55. The molecule has 4 rings (SSSR count). The molecule has 1 amide bonds. The molecule has 4 aromatic rings. The fourth-order valence-electron chi connectivity index (χ4n) is 2.54. The number of methoxy groups -OCH3 is 1. The van der Waals surface area contributed by atoms with Gasteiger partial charge in [-0.1, -0.05) is 24.3 Å². The number of carbonyl (C=O) groups is 1. The van der Waals surface area contributed by atoms with Gasteiger partial charge >= 0.3 is 0 Å². The van der Waals surface area contributed by atoms with Gasteiger partial charge in [-0.3, -0.25) is 15.1 Å². The molecule has 26 heavy (non-hydrogen) atoms. The van der Waals surface area contributed by atoms with Crippen LogP contribution in [0.5, 0.6) is 5.75 Å². The number of nitrogens with zero attached hydrogens (tertiary/aromatic N) is 3. The summed E-state index contributed by atoms with van der Waals surface area (Å²) in [5, 5.41) is 5.14. The van der Waals surface area contributed by atoms with Crippen LogP contribution in [0.25, 0.3) is 22.3 Å². The first-order chi connectivity index (χ1) is 12.7. The van der Waals surface area contributed by atoms with Gasteiger partial charge in [-0.05, 0) is 24.3 Å². The summed E-state index contributed by atoms with van der Waals surface area (Å²) in [6.07, 6.45) is 1.46. The number of benzene rings is 2. The number of ether oxygens (including phenoxy) is 1. The molecule has 7 heteroatoms. The summed E-state index contributed by atoms with van der Waals surface area (Å²) in [7, 11) is 1.62. The van der Waals surface area contributed by atoms with Gasteiger partial charge in [0.05, 0.1) is 30.0 Å². The monoisotopic (exact) mass is 362 g/mol. The number of hydrogen-bond acceptors (Lipinski definition) is 6. The van der Waals surface area contributed by atoms with Crippen LogP contribution >= 0.6 is 11.3 Å². The molecule has 0 bridgehead atoms. The second-order valence-corrected chi connectivity index (χ2v) is 6.29. The number of amides is 1. The zero-order chi connectivity index (χ0) is 17.9. The Labute approximate surface area is 153 Å². The zero-order valence-corrected chi connectivity index (χ0v) is 14.7. The van der Waals surface area contributed by atoms with E-state index in [0.717, 1.165) is 22.5 Å². The summed E-state index contributed by atoms with van der Waals surface area (Å²) in [5.74, 6) is 0.389. The normalized spacial score (nSPS) is 10.7. The van der Waals surface area contributed by atoms with E-state index in [9.17, 15) is 4.79 Å². The van der Waals surface area contributed by atoms with Gasteiger partial charge in [0.2, 0.25) is 0 Å². The highest BCUT2D eigenvalue weighted by Gasteiger charge is 2.14. The SMILES string of the molecule is COc1ccccc1-c1csc(NC(=O)c2cnc3ccccc3n2)n1. The number of para-hydroxylation sites is 3. The minimum absolute atomic E-state index is 0.248. The predicted molar refractivity (Wildman–Crippen MR) is 102 cm³/mol. The van der Waals surface area contributed by atoms with E-state index in [2.05, 4.69) is 20.3 Å². The lowest BCUT2D eigenvalue weighted by Gasteiger charge is -2.05. The molecule has 6 nitrogen and oxygen atoms in total. The Kier molecular flexibility index (Phi) is 4.28. The molecule has 2 aromatic heterocycles. The Morgan fingerprint density at radius 2 is 1.81 bits per heavy atom. The van der Waals surface area contributed by atoms with Crippen LogP contribution in [-0.2, 0) is 0 Å². The molecule has 0 aliphatic carbocycles. The van der Waals surface area contributed by atoms with Crippen molar-refractivity contribution in [3.8, 4) is 17.0 Å². The van der Waals surface area contributed by atoms with Crippen molar-refractivity contribution in [1.29, 1.82) is 0 Å². The summed E-state index contributed by atoms with van der Waals surface area (Å²) in [5.41, 5.74) is 3.29. The first kappa shape index (κ1) is 16.2. The van der Waals surface area contributed by atoms with E-state index in [-0.39, 0.29) is 11.6 Å². The van der Waals surface area contributed by atoms with Crippen molar-refractivity contribution in [1.82, 2.24) is 15.0 Å². The van der Waals surface area contributed by atoms with E-state index in [1.165, 1.54) is 17.5 Å². The smallest absolute Gasteiger partial charge is 0.277 e. The largest absolute Gasteiger partial charge is 0.496 e. The van der Waals surface area contributed by atoms with Gasteiger partial charge in [0, 0.05) is 10.9 Å². The van der Waals surface area contributed by atoms with Crippen LogP contribution in [0.4, 0.5) is 5.13 Å². The lowest BCUT2D eigenvalue weighted by molar-refractivity contribution is 0.102. The quantitative estimate of drug-likeness (QED) is 0.593. The average Bonchev–Trinajstić information content (AvgIpc) is 3.15. The van der Waals surface area contributed by atoms with E-state index in [1.807, 2.05) is 53.9 Å². The van der Waals surface area contributed by atoms with E-state index < -0.39 is 0 Å². The maximum atomic E-state index is 12.5. The molecule has 2 heterocycles. The molecule has 1 N–H and O–H groups in total. The number of carbonyl (C=O) groups excluding carboxylic acids is 1. The Morgan fingerprint density at radius 3 is 2.65 bits per heavy atom. The molecule has 0 atom stereocenters. The minimum atomic E-state index is -0.343. The van der Waals surface area contributed by atoms with Crippen molar-refractivity contribution in [3.63, 3.8) is 0 Å². The van der Waals surface area contributed by atoms with Gasteiger partial charge in [-0.15, -0.1) is 11.3 Å². The van der Waals surface area contributed by atoms with Crippen LogP contribution in [0.3, 0.4) is 0 Å². The van der Waals surface area contributed by atoms with Crippen LogP contribution in [0, 0.1) is 0 Å². The fourth-order valence-corrected chi connectivity index (χ4v) is 3.24. The number of rotatable bonds is 4. The molecule has 0 radical (unpaired) electrons. The lowest BCUT2D eigenvalue weighted by Crippen LogP contribution is -2.14. The molecule has 0 aliphatic heterocycles. The van der Waals surface area contributed by atoms with Crippen LogP contribution < -0.4 is 10.1 Å². The maximum absolute atomic E-state index is 12.5. The fraction of sp³-hybridized carbons (Fsp3) is 0.0526. The summed E-state index contributed by atoms with van der Waals surface area (Å²) in [6, 6.07) is 15.0. The summed E-state index contributed by atoms with van der Waals surface area (Å²) >= 11 is 1.34. The molecule has 128 valence electrons. The second-order valence-electron chi connectivity index (χ2n) is 5.44. The zero-order valence-electron chi connectivity index (χ0n) is 13.8. The third-order valence-electron chi connectivity index (χ3n) is 3.79. The first-order valence-corrected chi connectivity index (χ1v) is 8.74. The predicted octanol–water partition coefficient (Wildman–Crippen LogP) is 4.01. The second kappa shape index (κ2) is 6.89. The van der Waals surface area contributed by atoms with Gasteiger partial charge in [0.25, 0.3) is 5.91 Å². The molecule has 0 fully saturated rings. The minimum Gasteiger partial charge on any atom is -0.496 e. The first-order valence-electron chi connectivity index (χ1n) is 7.86. The molecule has 0 saturated heterocycles. The number of thiazole rings is 1. The lowest BCUT2D eigenvalue weighted by atomic mass is 10.1. The van der Waals surface area contributed by atoms with Crippen molar-refractivity contribution in [2.45, 2.75) is 0 Å². The molecular weight excluding hydrogens is 348 g/mol. The standard InChI is InChI=1S/C19H14N4O2S/c1-25-17-9-5-2-6-12(17)16-11-26-19(22-16)23-18(24)15-10-20-13-7-3-4-8-14(13)21-15/h2-11H,1H3,(H,22,23,24). The van der Waals surface area contributed by atoms with Crippen LogP contribution in [0.2, 0.25) is 0 Å². The summed E-state index contributed by atoms with van der Waals surface area (Å²) < 4.78 is 5.36. The van der Waals surface area contributed by atoms with Gasteiger partial charge in [-0.25, -0.2) is 9.97 Å². The summed E-state index contributed by atoms with van der Waals surface area (Å²) in [6.45, 7) is 0. The Hall–Kier alpha value is -3.32. The van der Waals surface area contributed by atoms with Crippen LogP contribution in [-0.4, -0.2) is 28.0 Å². The number of fused-ring (bicyclic) bond motifs is 1. The Bertz CT molecular complexity index is 1090. The van der Waals surface area contributed by atoms with Crippen LogP contribution in [0.15, 0.2) is 60.1 Å². The summed E-state index contributed by atoms with van der Waals surface area (Å²) in [4.78, 5) is 25.5. The highest BCUT2D eigenvalue weighted by atomic mass is 32.1. The highest BCUT2D eigenvalue weighted by Crippen LogP contribution is 2.31. The third kappa shape index (κ3) is 3.12. The molecule has 0 spiro atoms.